The molecule has 0 fully saturated rings. The number of nitro benzene ring substituents is 1. The summed E-state index contributed by atoms with van der Waals surface area (Å²) in [4.78, 5) is 39.0. The monoisotopic (exact) mass is 432 g/mol. The number of esters is 1. The number of non-ortho nitro benzene ring substituents is 1. The normalized spacial score (nSPS) is 13.1. The first-order valence-corrected chi connectivity index (χ1v) is 9.20. The van der Waals surface area contributed by atoms with Gasteiger partial charge in [-0.25, -0.2) is 9.78 Å². The fraction of sp³-hybridized carbons (Fsp3) is 0.250. The number of nitro groups is 1. The molecule has 2 atom stereocenters. The predicted molar refractivity (Wildman–Crippen MR) is 106 cm³/mol. The van der Waals surface area contributed by atoms with Gasteiger partial charge in [0.15, 0.2) is 11.9 Å². The molecular weight excluding hydrogens is 414 g/mol. The summed E-state index contributed by atoms with van der Waals surface area (Å²) in [6, 6.07) is 10.1. The van der Waals surface area contributed by atoms with E-state index in [1.165, 1.54) is 38.1 Å². The number of fused-ring (bicyclic) bond motifs is 1. The van der Waals surface area contributed by atoms with Gasteiger partial charge in [-0.15, -0.1) is 0 Å². The van der Waals surface area contributed by atoms with Gasteiger partial charge in [0.05, 0.1) is 16.0 Å². The number of hydrogen-bond acceptors (Lipinski definition) is 6. The molecule has 0 bridgehead atoms. The lowest BCUT2D eigenvalue weighted by atomic mass is 10.2. The summed E-state index contributed by atoms with van der Waals surface area (Å²) in [5.74, 6) is -1.73. The van der Waals surface area contributed by atoms with Crippen LogP contribution in [-0.2, 0) is 9.53 Å². The number of nitrogens with zero attached hydrogens (tertiary/aromatic N) is 3. The molecule has 3 rings (SSSR count). The summed E-state index contributed by atoms with van der Waals surface area (Å²) in [6.45, 7) is -0.150. The third-order valence-corrected chi connectivity index (χ3v) is 4.50. The Balaban J connectivity index is 1.72. The second-order valence-corrected chi connectivity index (χ2v) is 6.69. The number of alkyl halides is 2. The summed E-state index contributed by atoms with van der Waals surface area (Å²) in [7, 11) is 0. The van der Waals surface area contributed by atoms with Gasteiger partial charge in [-0.1, -0.05) is 18.2 Å². The number of halogens is 2. The van der Waals surface area contributed by atoms with Crippen LogP contribution < -0.4 is 5.32 Å². The van der Waals surface area contributed by atoms with Crippen LogP contribution in [0.15, 0.2) is 48.5 Å². The summed E-state index contributed by atoms with van der Waals surface area (Å²) in [5.41, 5.74) is 0.235. The molecule has 1 N–H and O–H groups in total. The first kappa shape index (κ1) is 21.8. The SMILES string of the molecule is CC(OC(=O)[C@H](C)NC(=O)c1cccc([N+](=O)[O-])c1)c1nc2ccccc2n1C(F)F. The molecule has 0 spiro atoms. The van der Waals surface area contributed by atoms with Crippen LogP contribution in [-0.4, -0.2) is 32.4 Å². The zero-order valence-corrected chi connectivity index (χ0v) is 16.5. The smallest absolute Gasteiger partial charge is 0.329 e. The highest BCUT2D eigenvalue weighted by molar-refractivity contribution is 5.97. The Labute approximate surface area is 174 Å². The van der Waals surface area contributed by atoms with E-state index in [9.17, 15) is 28.5 Å². The third-order valence-electron chi connectivity index (χ3n) is 4.50. The summed E-state index contributed by atoms with van der Waals surface area (Å²) in [5, 5.41) is 13.2. The van der Waals surface area contributed by atoms with Crippen LogP contribution in [0, 0.1) is 10.1 Å². The van der Waals surface area contributed by atoms with E-state index < -0.39 is 35.5 Å². The van der Waals surface area contributed by atoms with E-state index in [-0.39, 0.29) is 22.6 Å². The van der Waals surface area contributed by atoms with Gasteiger partial charge in [-0.05, 0) is 32.0 Å². The molecule has 0 saturated heterocycles. The van der Waals surface area contributed by atoms with Gasteiger partial charge >= 0.3 is 12.5 Å². The number of imidazole rings is 1. The van der Waals surface area contributed by atoms with Crippen LogP contribution >= 0.6 is 0 Å². The van der Waals surface area contributed by atoms with Crippen molar-refractivity contribution in [1.29, 1.82) is 0 Å². The molecule has 0 aliphatic heterocycles. The molecule has 162 valence electrons. The zero-order valence-electron chi connectivity index (χ0n) is 16.5. The Hall–Kier alpha value is -3.89. The van der Waals surface area contributed by atoms with Crippen LogP contribution in [0.4, 0.5) is 14.5 Å². The van der Waals surface area contributed by atoms with Crippen LogP contribution in [0.3, 0.4) is 0 Å². The average molecular weight is 432 g/mol. The third kappa shape index (κ3) is 4.65. The molecule has 9 nitrogen and oxygen atoms in total. The Bertz CT molecular complexity index is 1150. The number of ether oxygens (including phenoxy) is 1. The molecule has 2 aromatic carbocycles. The largest absolute Gasteiger partial charge is 0.453 e. The highest BCUT2D eigenvalue weighted by Crippen LogP contribution is 2.28. The van der Waals surface area contributed by atoms with Crippen LogP contribution in [0.2, 0.25) is 0 Å². The highest BCUT2D eigenvalue weighted by atomic mass is 19.3. The van der Waals surface area contributed by atoms with Gasteiger partial charge < -0.3 is 10.1 Å². The Morgan fingerprint density at radius 2 is 1.87 bits per heavy atom. The number of benzene rings is 2. The van der Waals surface area contributed by atoms with E-state index in [0.717, 1.165) is 6.07 Å². The zero-order chi connectivity index (χ0) is 22.7. The molecule has 0 aliphatic carbocycles. The van der Waals surface area contributed by atoms with Gasteiger partial charge in [0.25, 0.3) is 11.6 Å². The summed E-state index contributed by atoms with van der Waals surface area (Å²) >= 11 is 0. The van der Waals surface area contributed by atoms with Crippen molar-refractivity contribution in [2.45, 2.75) is 32.5 Å². The van der Waals surface area contributed by atoms with E-state index in [4.69, 9.17) is 4.74 Å². The fourth-order valence-electron chi connectivity index (χ4n) is 2.98. The first-order chi connectivity index (χ1) is 14.7. The number of carbonyl (C=O) groups is 2. The number of rotatable bonds is 7. The van der Waals surface area contributed by atoms with Crippen molar-refractivity contribution in [2.24, 2.45) is 0 Å². The molecule has 3 aromatic rings. The van der Waals surface area contributed by atoms with Gasteiger partial charge in [0.2, 0.25) is 0 Å². The second-order valence-electron chi connectivity index (χ2n) is 6.69. The van der Waals surface area contributed by atoms with E-state index >= 15 is 0 Å². The lowest BCUT2D eigenvalue weighted by Crippen LogP contribution is -2.40. The quantitative estimate of drug-likeness (QED) is 0.345. The molecule has 1 aromatic heterocycles. The van der Waals surface area contributed by atoms with Crippen molar-refractivity contribution < 1.29 is 28.0 Å². The topological polar surface area (TPSA) is 116 Å². The van der Waals surface area contributed by atoms with Gasteiger partial charge in [-0.3, -0.25) is 19.5 Å². The van der Waals surface area contributed by atoms with E-state index in [0.29, 0.717) is 10.1 Å². The van der Waals surface area contributed by atoms with Gasteiger partial charge in [-0.2, -0.15) is 8.78 Å². The number of aromatic nitrogens is 2. The number of nitrogens with one attached hydrogen (secondary N) is 1. The lowest BCUT2D eigenvalue weighted by molar-refractivity contribution is -0.384. The summed E-state index contributed by atoms with van der Waals surface area (Å²) in [6.07, 6.45) is -1.12. The number of para-hydroxylation sites is 2. The Morgan fingerprint density at radius 1 is 1.16 bits per heavy atom. The maximum atomic E-state index is 13.6. The van der Waals surface area contributed by atoms with Crippen molar-refractivity contribution in [1.82, 2.24) is 14.9 Å². The number of carbonyl (C=O) groups excluding carboxylic acids is 2. The van der Waals surface area contributed by atoms with E-state index in [1.54, 1.807) is 18.2 Å². The van der Waals surface area contributed by atoms with E-state index in [1.807, 2.05) is 0 Å². The first-order valence-electron chi connectivity index (χ1n) is 9.20. The molecule has 1 unspecified atom stereocenters. The Morgan fingerprint density at radius 3 is 2.55 bits per heavy atom. The molecule has 11 heteroatoms. The van der Waals surface area contributed by atoms with Crippen molar-refractivity contribution in [3.8, 4) is 0 Å². The van der Waals surface area contributed by atoms with Crippen molar-refractivity contribution in [3.63, 3.8) is 0 Å². The maximum Gasteiger partial charge on any atom is 0.329 e. The molecule has 0 aliphatic rings. The molecule has 0 radical (unpaired) electrons. The van der Waals surface area contributed by atoms with Crippen LogP contribution in [0.1, 0.15) is 42.7 Å². The minimum atomic E-state index is -2.89. The molecule has 1 heterocycles. The molecule has 1 amide bonds. The molecular formula is C20H18F2N4O5. The average Bonchev–Trinajstić information content (AvgIpc) is 3.13. The highest BCUT2D eigenvalue weighted by Gasteiger charge is 2.27. The standard InChI is InChI=1S/C20H18F2N4O5/c1-11(23-18(27)13-6-5-7-14(10-13)26(29)30)19(28)31-12(2)17-24-15-8-3-4-9-16(15)25(17)20(21)22/h3-12,20H,1-2H3,(H,23,27)/t11-,12?/m0/s1. The van der Waals surface area contributed by atoms with Crippen molar-refractivity contribution in [2.75, 3.05) is 0 Å². The lowest BCUT2D eigenvalue weighted by Gasteiger charge is -2.18. The molecule has 0 saturated carbocycles. The predicted octanol–water partition coefficient (Wildman–Crippen LogP) is 3.76. The van der Waals surface area contributed by atoms with Crippen LogP contribution in [0.5, 0.6) is 0 Å². The van der Waals surface area contributed by atoms with E-state index in [2.05, 4.69) is 10.3 Å². The number of hydrogen-bond donors (Lipinski definition) is 1. The summed E-state index contributed by atoms with van der Waals surface area (Å²) < 4.78 is 33.1. The van der Waals surface area contributed by atoms with Gasteiger partial charge in [0, 0.05) is 17.7 Å². The fourth-order valence-corrected chi connectivity index (χ4v) is 2.98. The number of amides is 1. The van der Waals surface area contributed by atoms with Crippen LogP contribution in [0.25, 0.3) is 11.0 Å². The Kier molecular flexibility index (Phi) is 6.23. The van der Waals surface area contributed by atoms with Gasteiger partial charge in [0.1, 0.15) is 6.04 Å². The molecule has 31 heavy (non-hydrogen) atoms. The van der Waals surface area contributed by atoms with Crippen molar-refractivity contribution in [3.05, 3.63) is 70.0 Å². The van der Waals surface area contributed by atoms with Crippen molar-refractivity contribution >= 4 is 28.6 Å². The minimum absolute atomic E-state index is 0.0126. The second kappa shape index (κ2) is 8.86. The maximum absolute atomic E-state index is 13.6. The minimum Gasteiger partial charge on any atom is -0.453 e.